The lowest BCUT2D eigenvalue weighted by Crippen LogP contribution is -2.05. The lowest BCUT2D eigenvalue weighted by Gasteiger charge is -2.12. The third-order valence-electron chi connectivity index (χ3n) is 3.60. The minimum absolute atomic E-state index is 0.298. The van der Waals surface area contributed by atoms with Crippen molar-refractivity contribution in [1.29, 1.82) is 5.26 Å². The number of nitrogens with one attached hydrogen (secondary N) is 1. The summed E-state index contributed by atoms with van der Waals surface area (Å²) in [4.78, 5) is 4.40. The van der Waals surface area contributed by atoms with Crippen molar-refractivity contribution >= 4 is 28.0 Å². The lowest BCUT2D eigenvalue weighted by atomic mass is 10.1. The van der Waals surface area contributed by atoms with Crippen LogP contribution in [-0.4, -0.2) is 38.6 Å². The molecular weight excluding hydrogens is 412 g/mol. The minimum Gasteiger partial charge on any atom is -0.491 e. The second-order valence-corrected chi connectivity index (χ2v) is 6.33. The van der Waals surface area contributed by atoms with Crippen LogP contribution in [0.3, 0.4) is 0 Å². The predicted octanol–water partition coefficient (Wildman–Crippen LogP) is 3.64. The molecule has 8 heteroatoms. The zero-order valence-corrected chi connectivity index (χ0v) is 17.0. The molecule has 7 nitrogen and oxygen atoms in total. The number of benzene rings is 1. The molecule has 1 aromatic heterocycles. The third-order valence-corrected chi connectivity index (χ3v) is 4.65. The second kappa shape index (κ2) is 10.6. The van der Waals surface area contributed by atoms with E-state index in [1.807, 2.05) is 31.2 Å². The molecule has 0 unspecified atom stereocenters. The fourth-order valence-electron chi connectivity index (χ4n) is 2.32. The number of hydrazone groups is 1. The van der Waals surface area contributed by atoms with E-state index in [0.29, 0.717) is 31.2 Å². The predicted molar refractivity (Wildman–Crippen MR) is 107 cm³/mol. The van der Waals surface area contributed by atoms with Crippen LogP contribution in [0.15, 0.2) is 33.8 Å². The summed E-state index contributed by atoms with van der Waals surface area (Å²) in [6, 6.07) is 9.67. The van der Waals surface area contributed by atoms with Crippen LogP contribution in [0.5, 0.6) is 5.75 Å². The maximum atomic E-state index is 9.51. The molecule has 27 heavy (non-hydrogen) atoms. The summed E-state index contributed by atoms with van der Waals surface area (Å²) in [5.74, 6) is 1.11. The molecule has 1 aromatic carbocycles. The Bertz CT molecular complexity index is 850. The first kappa shape index (κ1) is 20.8. The summed E-state index contributed by atoms with van der Waals surface area (Å²) in [6.45, 7) is 3.15. The number of hydrogen-bond donors (Lipinski definition) is 1. The van der Waals surface area contributed by atoms with Gasteiger partial charge in [0, 0.05) is 24.3 Å². The van der Waals surface area contributed by atoms with Gasteiger partial charge < -0.3 is 14.2 Å². The van der Waals surface area contributed by atoms with Crippen LogP contribution in [0.25, 0.3) is 0 Å². The number of pyridine rings is 1. The van der Waals surface area contributed by atoms with E-state index in [1.54, 1.807) is 20.4 Å². The van der Waals surface area contributed by atoms with Crippen molar-refractivity contribution in [1.82, 2.24) is 4.98 Å². The van der Waals surface area contributed by atoms with Crippen molar-refractivity contribution in [3.05, 3.63) is 51.1 Å². The number of halogens is 1. The van der Waals surface area contributed by atoms with Crippen LogP contribution in [0.2, 0.25) is 0 Å². The highest BCUT2D eigenvalue weighted by atomic mass is 79.9. The summed E-state index contributed by atoms with van der Waals surface area (Å²) in [5.41, 5.74) is 5.57. The number of nitriles is 1. The summed E-state index contributed by atoms with van der Waals surface area (Å²) in [7, 11) is 3.21. The Labute approximate surface area is 167 Å². The van der Waals surface area contributed by atoms with Crippen molar-refractivity contribution in [3.63, 3.8) is 0 Å². The van der Waals surface area contributed by atoms with Gasteiger partial charge in [0.25, 0.3) is 0 Å². The van der Waals surface area contributed by atoms with E-state index in [-0.39, 0.29) is 0 Å². The number of aromatic nitrogens is 1. The molecule has 2 aromatic rings. The molecule has 0 radical (unpaired) electrons. The molecule has 0 amide bonds. The Morgan fingerprint density at radius 1 is 1.30 bits per heavy atom. The first-order chi connectivity index (χ1) is 13.1. The topological polar surface area (TPSA) is 88.8 Å². The van der Waals surface area contributed by atoms with Gasteiger partial charge in [-0.05, 0) is 40.5 Å². The van der Waals surface area contributed by atoms with Gasteiger partial charge in [-0.2, -0.15) is 10.4 Å². The monoisotopic (exact) mass is 432 g/mol. The molecule has 0 spiro atoms. The fourth-order valence-corrected chi connectivity index (χ4v) is 2.72. The molecule has 0 aliphatic heterocycles. The van der Waals surface area contributed by atoms with Crippen LogP contribution >= 0.6 is 15.9 Å². The summed E-state index contributed by atoms with van der Waals surface area (Å²) in [6.07, 6.45) is 1.64. The summed E-state index contributed by atoms with van der Waals surface area (Å²) in [5, 5.41) is 13.7. The second-order valence-electron chi connectivity index (χ2n) is 5.54. The van der Waals surface area contributed by atoms with Crippen molar-refractivity contribution < 1.29 is 14.2 Å². The summed E-state index contributed by atoms with van der Waals surface area (Å²) >= 11 is 3.46. The van der Waals surface area contributed by atoms with E-state index in [1.165, 1.54) is 0 Å². The molecule has 0 bridgehead atoms. The van der Waals surface area contributed by atoms with E-state index in [9.17, 15) is 5.26 Å². The first-order valence-electron chi connectivity index (χ1n) is 8.19. The standard InChI is InChI=1S/C19H21BrN4O3/c1-13-18(20)17(12-26-3)16(10-21)19(23-13)24-22-11-14-5-4-6-15(9-14)27-8-7-25-2/h4-6,9,11H,7-8,12H2,1-3H3,(H,23,24)/b22-11-. The first-order valence-corrected chi connectivity index (χ1v) is 8.98. The fraction of sp³-hybridized carbons (Fsp3) is 0.316. The van der Waals surface area contributed by atoms with Crippen LogP contribution < -0.4 is 10.2 Å². The van der Waals surface area contributed by atoms with Gasteiger partial charge in [-0.1, -0.05) is 12.1 Å². The Morgan fingerprint density at radius 2 is 2.11 bits per heavy atom. The number of aryl methyl sites for hydroxylation is 1. The number of ether oxygens (including phenoxy) is 3. The van der Waals surface area contributed by atoms with Gasteiger partial charge in [-0.15, -0.1) is 0 Å². The normalized spacial score (nSPS) is 10.8. The number of anilines is 1. The van der Waals surface area contributed by atoms with E-state index in [0.717, 1.165) is 27.0 Å². The zero-order valence-electron chi connectivity index (χ0n) is 15.5. The average molecular weight is 433 g/mol. The molecule has 1 N–H and O–H groups in total. The molecule has 2 rings (SSSR count). The average Bonchev–Trinajstić information content (AvgIpc) is 2.66. The van der Waals surface area contributed by atoms with E-state index >= 15 is 0 Å². The molecule has 0 saturated carbocycles. The van der Waals surface area contributed by atoms with Crippen molar-refractivity contribution in [2.45, 2.75) is 13.5 Å². The maximum Gasteiger partial charge on any atom is 0.164 e. The van der Waals surface area contributed by atoms with Gasteiger partial charge >= 0.3 is 0 Å². The Morgan fingerprint density at radius 3 is 2.81 bits per heavy atom. The van der Waals surface area contributed by atoms with Crippen LogP contribution in [0.4, 0.5) is 5.82 Å². The molecule has 1 heterocycles. The quantitative estimate of drug-likeness (QED) is 0.369. The van der Waals surface area contributed by atoms with Gasteiger partial charge in [0.15, 0.2) is 5.82 Å². The lowest BCUT2D eigenvalue weighted by molar-refractivity contribution is 0.146. The van der Waals surface area contributed by atoms with Crippen LogP contribution in [0, 0.1) is 18.3 Å². The van der Waals surface area contributed by atoms with E-state index in [4.69, 9.17) is 14.2 Å². The van der Waals surface area contributed by atoms with Gasteiger partial charge in [0.2, 0.25) is 0 Å². The highest BCUT2D eigenvalue weighted by Gasteiger charge is 2.16. The van der Waals surface area contributed by atoms with Gasteiger partial charge in [-0.3, -0.25) is 5.43 Å². The molecule has 142 valence electrons. The molecule has 0 saturated heterocycles. The van der Waals surface area contributed by atoms with E-state index < -0.39 is 0 Å². The Balaban J connectivity index is 2.17. The molecule has 0 aliphatic rings. The van der Waals surface area contributed by atoms with Gasteiger partial charge in [-0.25, -0.2) is 4.98 Å². The van der Waals surface area contributed by atoms with Gasteiger partial charge in [0.05, 0.1) is 25.1 Å². The number of methoxy groups -OCH3 is 2. The SMILES string of the molecule is COCCOc1cccc(/C=N\Nc2nc(C)c(Br)c(COC)c2C#N)c1. The minimum atomic E-state index is 0.298. The Hall–Kier alpha value is -2.47. The maximum absolute atomic E-state index is 9.51. The third kappa shape index (κ3) is 5.76. The highest BCUT2D eigenvalue weighted by Crippen LogP contribution is 2.28. The smallest absolute Gasteiger partial charge is 0.164 e. The Kier molecular flexibility index (Phi) is 8.20. The van der Waals surface area contributed by atoms with Gasteiger partial charge in [0.1, 0.15) is 24.0 Å². The highest BCUT2D eigenvalue weighted by molar-refractivity contribution is 9.10. The van der Waals surface area contributed by atoms with E-state index in [2.05, 4.69) is 37.5 Å². The molecular formula is C19H21BrN4O3. The van der Waals surface area contributed by atoms with Crippen LogP contribution in [-0.2, 0) is 16.1 Å². The number of hydrogen-bond acceptors (Lipinski definition) is 7. The van der Waals surface area contributed by atoms with Crippen molar-refractivity contribution in [2.75, 3.05) is 32.9 Å². The summed E-state index contributed by atoms with van der Waals surface area (Å²) < 4.78 is 16.5. The number of nitrogens with zero attached hydrogens (tertiary/aromatic N) is 3. The molecule has 0 atom stereocenters. The number of rotatable bonds is 9. The molecule has 0 fully saturated rings. The van der Waals surface area contributed by atoms with Crippen molar-refractivity contribution in [3.8, 4) is 11.8 Å². The van der Waals surface area contributed by atoms with Crippen molar-refractivity contribution in [2.24, 2.45) is 5.10 Å². The largest absolute Gasteiger partial charge is 0.491 e. The van der Waals surface area contributed by atoms with Crippen LogP contribution in [0.1, 0.15) is 22.4 Å². The zero-order chi connectivity index (χ0) is 19.6. The molecule has 0 aliphatic carbocycles.